The molecule has 2 N–H and O–H groups in total. The number of nitrogens with one attached hydrogen (secondary N) is 1. The third-order valence-corrected chi connectivity index (χ3v) is 2.77. The van der Waals surface area contributed by atoms with Gasteiger partial charge in [0.25, 0.3) is 0 Å². The van der Waals surface area contributed by atoms with E-state index in [1.807, 2.05) is 0 Å². The highest BCUT2D eigenvalue weighted by Gasteiger charge is 2.10. The highest BCUT2D eigenvalue weighted by atomic mass is 16.4. The fourth-order valence-corrected chi connectivity index (χ4v) is 2.05. The molecular formula is C12H15NO2. The molecule has 80 valence electrons. The van der Waals surface area contributed by atoms with Crippen LogP contribution < -0.4 is 5.32 Å². The summed E-state index contributed by atoms with van der Waals surface area (Å²) < 4.78 is 0. The average Bonchev–Trinajstić information content (AvgIpc) is 2.64. The molecule has 0 unspecified atom stereocenters. The molecular weight excluding hydrogens is 190 g/mol. The summed E-state index contributed by atoms with van der Waals surface area (Å²) in [5, 5.41) is 11.4. The van der Waals surface area contributed by atoms with Crippen molar-refractivity contribution < 1.29 is 9.90 Å². The van der Waals surface area contributed by atoms with Crippen LogP contribution in [-0.4, -0.2) is 17.6 Å². The van der Waals surface area contributed by atoms with Crippen molar-refractivity contribution >= 4 is 5.97 Å². The molecule has 15 heavy (non-hydrogen) atoms. The van der Waals surface area contributed by atoms with Gasteiger partial charge in [0.2, 0.25) is 0 Å². The molecule has 0 heterocycles. The minimum atomic E-state index is -0.809. The lowest BCUT2D eigenvalue weighted by molar-refractivity contribution is -0.135. The SMILES string of the molecule is O=C(O)CNCc1ccc2c(c1)CCC2. The summed E-state index contributed by atoms with van der Waals surface area (Å²) >= 11 is 0. The number of fused-ring (bicyclic) bond motifs is 1. The Morgan fingerprint density at radius 3 is 2.93 bits per heavy atom. The van der Waals surface area contributed by atoms with Crippen LogP contribution in [0, 0.1) is 0 Å². The Balaban J connectivity index is 1.95. The number of hydrogen-bond donors (Lipinski definition) is 2. The van der Waals surface area contributed by atoms with E-state index in [0.29, 0.717) is 6.54 Å². The largest absolute Gasteiger partial charge is 0.480 e. The summed E-state index contributed by atoms with van der Waals surface area (Å²) in [4.78, 5) is 10.3. The zero-order chi connectivity index (χ0) is 10.7. The van der Waals surface area contributed by atoms with Gasteiger partial charge in [-0.3, -0.25) is 4.79 Å². The van der Waals surface area contributed by atoms with Gasteiger partial charge in [-0.1, -0.05) is 18.2 Å². The third-order valence-electron chi connectivity index (χ3n) is 2.77. The van der Waals surface area contributed by atoms with Gasteiger partial charge in [0.05, 0.1) is 6.54 Å². The van der Waals surface area contributed by atoms with Gasteiger partial charge in [-0.25, -0.2) is 0 Å². The molecule has 0 spiro atoms. The van der Waals surface area contributed by atoms with E-state index in [-0.39, 0.29) is 6.54 Å². The van der Waals surface area contributed by atoms with Crippen LogP contribution >= 0.6 is 0 Å². The normalized spacial score (nSPS) is 13.9. The average molecular weight is 205 g/mol. The van der Waals surface area contributed by atoms with E-state index < -0.39 is 5.97 Å². The zero-order valence-electron chi connectivity index (χ0n) is 8.62. The maximum atomic E-state index is 10.3. The van der Waals surface area contributed by atoms with Crippen molar-refractivity contribution in [3.63, 3.8) is 0 Å². The molecule has 2 rings (SSSR count). The monoisotopic (exact) mass is 205 g/mol. The number of carbonyl (C=O) groups is 1. The molecule has 1 aromatic carbocycles. The van der Waals surface area contributed by atoms with Crippen LogP contribution in [0.3, 0.4) is 0 Å². The highest BCUT2D eigenvalue weighted by Crippen LogP contribution is 2.22. The first-order valence-corrected chi connectivity index (χ1v) is 5.29. The summed E-state index contributed by atoms with van der Waals surface area (Å²) in [7, 11) is 0. The summed E-state index contributed by atoms with van der Waals surface area (Å²) in [6.45, 7) is 0.663. The maximum Gasteiger partial charge on any atom is 0.317 e. The minimum Gasteiger partial charge on any atom is -0.480 e. The van der Waals surface area contributed by atoms with Crippen molar-refractivity contribution in [2.45, 2.75) is 25.8 Å². The van der Waals surface area contributed by atoms with Gasteiger partial charge in [0.15, 0.2) is 0 Å². The molecule has 3 nitrogen and oxygen atoms in total. The predicted octanol–water partition coefficient (Wildman–Crippen LogP) is 1.35. The molecule has 0 saturated heterocycles. The number of benzene rings is 1. The van der Waals surface area contributed by atoms with Crippen LogP contribution in [0.25, 0.3) is 0 Å². The molecule has 3 heteroatoms. The van der Waals surface area contributed by atoms with E-state index in [9.17, 15) is 4.79 Å². The van der Waals surface area contributed by atoms with Crippen molar-refractivity contribution in [2.75, 3.05) is 6.54 Å². The Labute approximate surface area is 89.1 Å². The quantitative estimate of drug-likeness (QED) is 0.780. The Kier molecular flexibility index (Phi) is 3.02. The van der Waals surface area contributed by atoms with Crippen molar-refractivity contribution in [3.8, 4) is 0 Å². The first kappa shape index (κ1) is 10.2. The summed E-state index contributed by atoms with van der Waals surface area (Å²) in [6.07, 6.45) is 3.61. The van der Waals surface area contributed by atoms with Gasteiger partial charge in [-0.15, -0.1) is 0 Å². The van der Waals surface area contributed by atoms with Gasteiger partial charge in [-0.2, -0.15) is 0 Å². The molecule has 0 fully saturated rings. The van der Waals surface area contributed by atoms with E-state index in [1.165, 1.54) is 36.0 Å². The fourth-order valence-electron chi connectivity index (χ4n) is 2.05. The van der Waals surface area contributed by atoms with Gasteiger partial charge in [0.1, 0.15) is 0 Å². The smallest absolute Gasteiger partial charge is 0.317 e. The van der Waals surface area contributed by atoms with E-state index in [2.05, 4.69) is 23.5 Å². The Morgan fingerprint density at radius 1 is 1.33 bits per heavy atom. The molecule has 1 aliphatic carbocycles. The van der Waals surface area contributed by atoms with Crippen molar-refractivity contribution in [1.82, 2.24) is 5.32 Å². The van der Waals surface area contributed by atoms with Crippen molar-refractivity contribution in [2.24, 2.45) is 0 Å². The molecule has 0 atom stereocenters. The maximum absolute atomic E-state index is 10.3. The highest BCUT2D eigenvalue weighted by molar-refractivity contribution is 5.68. The fraction of sp³-hybridized carbons (Fsp3) is 0.417. The Bertz CT molecular complexity index is 374. The first-order chi connectivity index (χ1) is 7.25. The topological polar surface area (TPSA) is 49.3 Å². The van der Waals surface area contributed by atoms with E-state index in [0.717, 1.165) is 0 Å². The van der Waals surface area contributed by atoms with Gasteiger partial charge in [0, 0.05) is 6.54 Å². The molecule has 0 bridgehead atoms. The lowest BCUT2D eigenvalue weighted by atomic mass is 10.1. The second-order valence-electron chi connectivity index (χ2n) is 3.95. The third kappa shape index (κ3) is 2.57. The van der Waals surface area contributed by atoms with Crippen LogP contribution in [0.4, 0.5) is 0 Å². The zero-order valence-corrected chi connectivity index (χ0v) is 8.62. The number of aryl methyl sites for hydroxylation is 2. The first-order valence-electron chi connectivity index (χ1n) is 5.29. The van der Waals surface area contributed by atoms with Crippen molar-refractivity contribution in [1.29, 1.82) is 0 Å². The molecule has 0 radical (unpaired) electrons. The molecule has 1 aromatic rings. The minimum absolute atomic E-state index is 0.0249. The standard InChI is InChI=1S/C12H15NO2/c14-12(15)8-13-7-9-4-5-10-2-1-3-11(10)6-9/h4-6,13H,1-3,7-8H2,(H,14,15). The number of aliphatic carboxylic acids is 1. The van der Waals surface area contributed by atoms with Crippen LogP contribution in [0.2, 0.25) is 0 Å². The van der Waals surface area contributed by atoms with Crippen LogP contribution in [0.5, 0.6) is 0 Å². The van der Waals surface area contributed by atoms with Gasteiger partial charge < -0.3 is 10.4 Å². The summed E-state index contributed by atoms with van der Waals surface area (Å²) in [5.41, 5.74) is 4.07. The lowest BCUT2D eigenvalue weighted by Gasteiger charge is -2.05. The number of hydrogen-bond acceptors (Lipinski definition) is 2. The number of carboxylic acid groups (broad SMARTS) is 1. The number of carboxylic acids is 1. The van der Waals surface area contributed by atoms with Crippen LogP contribution in [0.1, 0.15) is 23.1 Å². The lowest BCUT2D eigenvalue weighted by Crippen LogP contribution is -2.21. The Hall–Kier alpha value is -1.35. The summed E-state index contributed by atoms with van der Waals surface area (Å²) in [6, 6.07) is 6.44. The number of rotatable bonds is 4. The van der Waals surface area contributed by atoms with E-state index in [1.54, 1.807) is 0 Å². The van der Waals surface area contributed by atoms with Gasteiger partial charge >= 0.3 is 5.97 Å². The van der Waals surface area contributed by atoms with E-state index >= 15 is 0 Å². The van der Waals surface area contributed by atoms with Gasteiger partial charge in [-0.05, 0) is 36.0 Å². The second-order valence-corrected chi connectivity index (χ2v) is 3.95. The second kappa shape index (κ2) is 4.45. The van der Waals surface area contributed by atoms with Crippen LogP contribution in [-0.2, 0) is 24.2 Å². The molecule has 1 aliphatic rings. The van der Waals surface area contributed by atoms with E-state index in [4.69, 9.17) is 5.11 Å². The Morgan fingerprint density at radius 2 is 2.13 bits per heavy atom. The molecule has 0 aliphatic heterocycles. The predicted molar refractivity (Wildman–Crippen MR) is 57.8 cm³/mol. The summed E-state index contributed by atoms with van der Waals surface area (Å²) in [5.74, 6) is -0.809. The molecule has 0 amide bonds. The van der Waals surface area contributed by atoms with Crippen molar-refractivity contribution in [3.05, 3.63) is 34.9 Å². The molecule has 0 aromatic heterocycles. The van der Waals surface area contributed by atoms with Crippen LogP contribution in [0.15, 0.2) is 18.2 Å². The molecule has 0 saturated carbocycles.